The van der Waals surface area contributed by atoms with Crippen LogP contribution in [0.4, 0.5) is 0 Å². The molecule has 0 aliphatic heterocycles. The number of hydrogen-bond donors (Lipinski definition) is 0. The molecule has 5 nitrogen and oxygen atoms in total. The molecule has 0 fully saturated rings. The number of methoxy groups -OCH3 is 2. The molecular weight excluding hydrogens is 328 g/mol. The molecule has 0 bridgehead atoms. The number of hydrogen-bond acceptors (Lipinski definition) is 5. The van der Waals surface area contributed by atoms with E-state index in [4.69, 9.17) is 19.6 Å². The van der Waals surface area contributed by atoms with Crippen molar-refractivity contribution >= 4 is 17.0 Å². The molecule has 0 heterocycles. The van der Waals surface area contributed by atoms with Crippen LogP contribution in [0.15, 0.2) is 59.8 Å². The maximum absolute atomic E-state index is 9.12. The van der Waals surface area contributed by atoms with Gasteiger partial charge in [0.15, 0.2) is 0 Å². The van der Waals surface area contributed by atoms with Gasteiger partial charge in [0.2, 0.25) is 0 Å². The van der Waals surface area contributed by atoms with Crippen molar-refractivity contribution in [3.05, 3.63) is 71.3 Å². The predicted octanol–water partition coefficient (Wildman–Crippen LogP) is 4.28. The standard InChI is InChI=1S/C21H18N2O3/c1-24-18-9-7-15-8-10-21(25-2)20(19(15)11-18)13-23-26-14-17-6-4-3-5-16(17)12-22/h3-11,13H,14H2,1-2H3/b23-13-. The highest BCUT2D eigenvalue weighted by atomic mass is 16.6. The Morgan fingerprint density at radius 1 is 1.04 bits per heavy atom. The Balaban J connectivity index is 1.87. The first-order chi connectivity index (χ1) is 12.8. The summed E-state index contributed by atoms with van der Waals surface area (Å²) in [5.41, 5.74) is 2.17. The number of oxime groups is 1. The maximum Gasteiger partial charge on any atom is 0.143 e. The highest BCUT2D eigenvalue weighted by Crippen LogP contribution is 2.29. The molecule has 0 saturated heterocycles. The molecular formula is C21H18N2O3. The monoisotopic (exact) mass is 346 g/mol. The van der Waals surface area contributed by atoms with E-state index in [-0.39, 0.29) is 6.61 Å². The highest BCUT2D eigenvalue weighted by Gasteiger charge is 2.08. The molecule has 0 amide bonds. The number of fused-ring (bicyclic) bond motifs is 1. The lowest BCUT2D eigenvalue weighted by Crippen LogP contribution is -1.95. The second kappa shape index (κ2) is 8.04. The van der Waals surface area contributed by atoms with Crippen LogP contribution >= 0.6 is 0 Å². The molecule has 3 aromatic carbocycles. The van der Waals surface area contributed by atoms with Crippen molar-refractivity contribution in [3.8, 4) is 17.6 Å². The van der Waals surface area contributed by atoms with Crippen LogP contribution in [0.2, 0.25) is 0 Å². The van der Waals surface area contributed by atoms with Crippen LogP contribution in [0.5, 0.6) is 11.5 Å². The molecule has 0 aliphatic carbocycles. The Morgan fingerprint density at radius 2 is 1.85 bits per heavy atom. The minimum absolute atomic E-state index is 0.219. The average Bonchev–Trinajstić information content (AvgIpc) is 2.70. The summed E-state index contributed by atoms with van der Waals surface area (Å²) in [5, 5.41) is 15.2. The molecule has 0 N–H and O–H groups in total. The summed E-state index contributed by atoms with van der Waals surface area (Å²) >= 11 is 0. The second-order valence-corrected chi connectivity index (χ2v) is 5.55. The van der Waals surface area contributed by atoms with Gasteiger partial charge in [-0.25, -0.2) is 0 Å². The molecule has 5 heteroatoms. The van der Waals surface area contributed by atoms with Crippen LogP contribution in [-0.2, 0) is 11.4 Å². The third kappa shape index (κ3) is 3.60. The first kappa shape index (κ1) is 17.3. The van der Waals surface area contributed by atoms with Crippen molar-refractivity contribution in [2.24, 2.45) is 5.16 Å². The van der Waals surface area contributed by atoms with Gasteiger partial charge in [-0.2, -0.15) is 5.26 Å². The Hall–Kier alpha value is -3.52. The van der Waals surface area contributed by atoms with Crippen molar-refractivity contribution in [2.45, 2.75) is 6.61 Å². The normalized spacial score (nSPS) is 10.7. The Morgan fingerprint density at radius 3 is 2.62 bits per heavy atom. The quantitative estimate of drug-likeness (QED) is 0.494. The van der Waals surface area contributed by atoms with Gasteiger partial charge in [-0.1, -0.05) is 35.5 Å². The molecule has 0 atom stereocenters. The number of benzene rings is 3. The van der Waals surface area contributed by atoms with Crippen molar-refractivity contribution < 1.29 is 14.3 Å². The van der Waals surface area contributed by atoms with Gasteiger partial charge in [0.05, 0.1) is 32.1 Å². The first-order valence-corrected chi connectivity index (χ1v) is 8.05. The molecule has 0 spiro atoms. The third-order valence-electron chi connectivity index (χ3n) is 4.06. The Labute approximate surface area is 152 Å². The zero-order valence-electron chi connectivity index (χ0n) is 14.6. The second-order valence-electron chi connectivity index (χ2n) is 5.55. The van der Waals surface area contributed by atoms with Gasteiger partial charge in [-0.15, -0.1) is 0 Å². The van der Waals surface area contributed by atoms with E-state index in [0.717, 1.165) is 27.6 Å². The highest BCUT2D eigenvalue weighted by molar-refractivity contribution is 6.02. The van der Waals surface area contributed by atoms with Crippen LogP contribution in [0.1, 0.15) is 16.7 Å². The lowest BCUT2D eigenvalue weighted by molar-refractivity contribution is 0.132. The fraction of sp³-hybridized carbons (Fsp3) is 0.143. The van der Waals surface area contributed by atoms with Crippen LogP contribution in [0.3, 0.4) is 0 Å². The Kier molecular flexibility index (Phi) is 5.35. The molecule has 0 saturated carbocycles. The van der Waals surface area contributed by atoms with Crippen molar-refractivity contribution in [1.82, 2.24) is 0 Å². The SMILES string of the molecule is COc1ccc2ccc(OC)c(/C=N\OCc3ccccc3C#N)c2c1. The van der Waals surface area contributed by atoms with E-state index in [0.29, 0.717) is 11.3 Å². The molecule has 3 rings (SSSR count). The first-order valence-electron chi connectivity index (χ1n) is 8.05. The van der Waals surface area contributed by atoms with Gasteiger partial charge < -0.3 is 14.3 Å². The van der Waals surface area contributed by atoms with Crippen molar-refractivity contribution in [1.29, 1.82) is 5.26 Å². The van der Waals surface area contributed by atoms with Crippen LogP contribution in [0.25, 0.3) is 10.8 Å². The van der Waals surface area contributed by atoms with Crippen LogP contribution < -0.4 is 9.47 Å². The maximum atomic E-state index is 9.12. The zero-order valence-corrected chi connectivity index (χ0v) is 14.6. The topological polar surface area (TPSA) is 63.8 Å². The minimum atomic E-state index is 0.219. The average molecular weight is 346 g/mol. The van der Waals surface area contributed by atoms with E-state index < -0.39 is 0 Å². The molecule has 0 aliphatic rings. The zero-order chi connectivity index (χ0) is 18.4. The summed E-state index contributed by atoms with van der Waals surface area (Å²) in [7, 11) is 3.24. The third-order valence-corrected chi connectivity index (χ3v) is 4.06. The summed E-state index contributed by atoms with van der Waals surface area (Å²) < 4.78 is 10.8. The van der Waals surface area contributed by atoms with Gasteiger partial charge in [0, 0.05) is 11.1 Å². The fourth-order valence-corrected chi connectivity index (χ4v) is 2.69. The van der Waals surface area contributed by atoms with E-state index >= 15 is 0 Å². The molecule has 26 heavy (non-hydrogen) atoms. The van der Waals surface area contributed by atoms with Gasteiger partial charge in [-0.3, -0.25) is 0 Å². The van der Waals surface area contributed by atoms with E-state index in [1.165, 1.54) is 0 Å². The van der Waals surface area contributed by atoms with E-state index in [1.807, 2.05) is 48.5 Å². The molecule has 130 valence electrons. The number of ether oxygens (including phenoxy) is 2. The van der Waals surface area contributed by atoms with Gasteiger partial charge in [-0.05, 0) is 35.0 Å². The van der Waals surface area contributed by atoms with E-state index in [9.17, 15) is 0 Å². The van der Waals surface area contributed by atoms with Crippen LogP contribution in [0, 0.1) is 11.3 Å². The lowest BCUT2D eigenvalue weighted by Gasteiger charge is -2.10. The summed E-state index contributed by atoms with van der Waals surface area (Å²) in [6.45, 7) is 0.219. The molecule has 0 unspecified atom stereocenters. The van der Waals surface area contributed by atoms with Crippen LogP contribution in [-0.4, -0.2) is 20.4 Å². The summed E-state index contributed by atoms with van der Waals surface area (Å²) in [6.07, 6.45) is 1.62. The van der Waals surface area contributed by atoms with E-state index in [2.05, 4.69) is 11.2 Å². The minimum Gasteiger partial charge on any atom is -0.497 e. The van der Waals surface area contributed by atoms with Gasteiger partial charge >= 0.3 is 0 Å². The predicted molar refractivity (Wildman–Crippen MR) is 101 cm³/mol. The fourth-order valence-electron chi connectivity index (χ4n) is 2.69. The summed E-state index contributed by atoms with van der Waals surface area (Å²) in [6, 6.07) is 19.1. The number of rotatable bonds is 6. The van der Waals surface area contributed by atoms with Crippen molar-refractivity contribution in [3.63, 3.8) is 0 Å². The van der Waals surface area contributed by atoms with Gasteiger partial charge in [0.1, 0.15) is 18.1 Å². The molecule has 0 radical (unpaired) electrons. The van der Waals surface area contributed by atoms with E-state index in [1.54, 1.807) is 26.5 Å². The number of nitriles is 1. The molecule has 3 aromatic rings. The van der Waals surface area contributed by atoms with Gasteiger partial charge in [0.25, 0.3) is 0 Å². The Bertz CT molecular complexity index is 985. The summed E-state index contributed by atoms with van der Waals surface area (Å²) in [5.74, 6) is 1.44. The summed E-state index contributed by atoms with van der Waals surface area (Å²) in [4.78, 5) is 5.40. The number of nitrogens with zero attached hydrogens (tertiary/aromatic N) is 2. The smallest absolute Gasteiger partial charge is 0.143 e. The lowest BCUT2D eigenvalue weighted by atomic mass is 10.0. The largest absolute Gasteiger partial charge is 0.497 e. The van der Waals surface area contributed by atoms with Crippen molar-refractivity contribution in [2.75, 3.05) is 14.2 Å². The molecule has 0 aromatic heterocycles.